The average Bonchev–Trinajstić information content (AvgIpc) is 2.60. The molecule has 2 N–H and O–H groups in total. The molecular weight excluding hydrogens is 405 g/mol. The van der Waals surface area contributed by atoms with Gasteiger partial charge in [0.25, 0.3) is 11.6 Å². The van der Waals surface area contributed by atoms with E-state index in [9.17, 15) is 32.9 Å². The summed E-state index contributed by atoms with van der Waals surface area (Å²) in [5.74, 6) is -2.15. The zero-order chi connectivity index (χ0) is 21.2. The predicted molar refractivity (Wildman–Crippen MR) is 92.6 cm³/mol. The molecule has 0 aliphatic rings. The Hall–Kier alpha value is -3.14. The Bertz CT molecular complexity index is 962. The fourth-order valence-corrected chi connectivity index (χ4v) is 2.52. The molecule has 11 heteroatoms. The highest BCUT2D eigenvalue weighted by Gasteiger charge is 2.31. The van der Waals surface area contributed by atoms with E-state index < -0.39 is 45.9 Å². The van der Waals surface area contributed by atoms with Crippen LogP contribution in [0.5, 0.6) is 0 Å². The van der Waals surface area contributed by atoms with Crippen LogP contribution in [0.4, 0.5) is 18.9 Å². The van der Waals surface area contributed by atoms with Crippen LogP contribution in [0.1, 0.15) is 22.8 Å². The molecule has 0 radical (unpaired) electrons. The van der Waals surface area contributed by atoms with Crippen LogP contribution in [-0.4, -0.2) is 22.9 Å². The molecule has 0 spiro atoms. The van der Waals surface area contributed by atoms with Crippen LogP contribution >= 0.6 is 11.6 Å². The number of amides is 1. The standard InChI is InChI=1S/C17H12ClF3N2O5/c1-8(15(22)24)28-16(25)12-6-9(2-5-14(12)23(26)27)11-4-3-10(7-13(11)18)17(19,20)21/h2-8H,1H3,(H2,22,24). The van der Waals surface area contributed by atoms with Crippen molar-refractivity contribution >= 4 is 29.2 Å². The Labute approximate surface area is 161 Å². The van der Waals surface area contributed by atoms with Gasteiger partial charge in [0.1, 0.15) is 5.56 Å². The van der Waals surface area contributed by atoms with E-state index in [-0.39, 0.29) is 16.1 Å². The third kappa shape index (κ3) is 4.58. The van der Waals surface area contributed by atoms with Gasteiger partial charge in [0.05, 0.1) is 10.5 Å². The highest BCUT2D eigenvalue weighted by molar-refractivity contribution is 6.33. The summed E-state index contributed by atoms with van der Waals surface area (Å²) in [7, 11) is 0. The minimum Gasteiger partial charge on any atom is -0.449 e. The van der Waals surface area contributed by atoms with Crippen molar-refractivity contribution in [2.75, 3.05) is 0 Å². The molecule has 2 aromatic carbocycles. The van der Waals surface area contributed by atoms with E-state index in [1.165, 1.54) is 13.0 Å². The number of ether oxygens (including phenoxy) is 1. The largest absolute Gasteiger partial charge is 0.449 e. The van der Waals surface area contributed by atoms with Crippen LogP contribution in [0.25, 0.3) is 11.1 Å². The van der Waals surface area contributed by atoms with Gasteiger partial charge in [-0.2, -0.15) is 13.2 Å². The van der Waals surface area contributed by atoms with E-state index in [4.69, 9.17) is 22.1 Å². The number of esters is 1. The number of carbonyl (C=O) groups is 2. The molecule has 2 rings (SSSR count). The maximum Gasteiger partial charge on any atom is 0.416 e. The van der Waals surface area contributed by atoms with Gasteiger partial charge in [-0.05, 0) is 36.8 Å². The number of benzene rings is 2. The summed E-state index contributed by atoms with van der Waals surface area (Å²) < 4.78 is 43.1. The lowest BCUT2D eigenvalue weighted by Crippen LogP contribution is -2.30. The summed E-state index contributed by atoms with van der Waals surface area (Å²) >= 11 is 5.92. The lowest BCUT2D eigenvalue weighted by atomic mass is 10.0. The van der Waals surface area contributed by atoms with Gasteiger partial charge < -0.3 is 10.5 Å². The highest BCUT2D eigenvalue weighted by atomic mass is 35.5. The summed E-state index contributed by atoms with van der Waals surface area (Å²) in [5.41, 5.74) is 3.15. The van der Waals surface area contributed by atoms with Gasteiger partial charge in [-0.3, -0.25) is 14.9 Å². The molecule has 148 valence electrons. The van der Waals surface area contributed by atoms with Crippen molar-refractivity contribution in [2.24, 2.45) is 5.73 Å². The van der Waals surface area contributed by atoms with Gasteiger partial charge in [0, 0.05) is 16.7 Å². The number of carbonyl (C=O) groups excluding carboxylic acids is 2. The van der Waals surface area contributed by atoms with Gasteiger partial charge in [0.15, 0.2) is 6.10 Å². The van der Waals surface area contributed by atoms with Crippen LogP contribution in [0.15, 0.2) is 36.4 Å². The number of nitro groups is 1. The van der Waals surface area contributed by atoms with Crippen molar-refractivity contribution in [3.63, 3.8) is 0 Å². The molecule has 1 unspecified atom stereocenters. The summed E-state index contributed by atoms with van der Waals surface area (Å²) in [6.45, 7) is 1.18. The maximum absolute atomic E-state index is 12.8. The molecule has 0 fully saturated rings. The summed E-state index contributed by atoms with van der Waals surface area (Å²) in [4.78, 5) is 33.6. The third-order valence-corrected chi connectivity index (χ3v) is 4.02. The second kappa shape index (κ2) is 7.85. The van der Waals surface area contributed by atoms with Crippen LogP contribution in [0.2, 0.25) is 5.02 Å². The molecular formula is C17H12ClF3N2O5. The molecule has 28 heavy (non-hydrogen) atoms. The van der Waals surface area contributed by atoms with Crippen molar-refractivity contribution in [3.05, 3.63) is 62.7 Å². The third-order valence-electron chi connectivity index (χ3n) is 3.71. The molecule has 1 amide bonds. The number of hydrogen-bond acceptors (Lipinski definition) is 5. The first-order chi connectivity index (χ1) is 12.9. The van der Waals surface area contributed by atoms with E-state index in [0.717, 1.165) is 24.3 Å². The summed E-state index contributed by atoms with van der Waals surface area (Å²) in [6.07, 6.45) is -5.94. The van der Waals surface area contributed by atoms with E-state index in [1.54, 1.807) is 0 Å². The Morgan fingerprint density at radius 2 is 1.86 bits per heavy atom. The minimum atomic E-state index is -4.60. The van der Waals surface area contributed by atoms with Crippen LogP contribution in [0.3, 0.4) is 0 Å². The fraction of sp³-hybridized carbons (Fsp3) is 0.176. The maximum atomic E-state index is 12.8. The lowest BCUT2D eigenvalue weighted by Gasteiger charge is -2.12. The number of primary amides is 1. The number of nitrogens with zero attached hydrogens (tertiary/aromatic N) is 1. The SMILES string of the molecule is CC(OC(=O)c1cc(-c2ccc(C(F)(F)F)cc2Cl)ccc1[N+](=O)[O-])C(N)=O. The molecule has 7 nitrogen and oxygen atoms in total. The Morgan fingerprint density at radius 1 is 1.21 bits per heavy atom. The highest BCUT2D eigenvalue weighted by Crippen LogP contribution is 2.37. The van der Waals surface area contributed by atoms with Crippen LogP contribution in [0, 0.1) is 10.1 Å². The molecule has 0 heterocycles. The number of alkyl halides is 3. The quantitative estimate of drug-likeness (QED) is 0.450. The predicted octanol–water partition coefficient (Wildman–Crippen LogP) is 3.96. The second-order valence-electron chi connectivity index (χ2n) is 5.63. The van der Waals surface area contributed by atoms with Crippen molar-refractivity contribution in [3.8, 4) is 11.1 Å². The lowest BCUT2D eigenvalue weighted by molar-refractivity contribution is -0.385. The normalized spacial score (nSPS) is 12.3. The first-order valence-electron chi connectivity index (χ1n) is 7.57. The number of hydrogen-bond donors (Lipinski definition) is 1. The Balaban J connectivity index is 2.52. The topological polar surface area (TPSA) is 113 Å². The molecule has 0 aliphatic heterocycles. The molecule has 0 saturated heterocycles. The zero-order valence-corrected chi connectivity index (χ0v) is 14.9. The van der Waals surface area contributed by atoms with Crippen molar-refractivity contribution in [2.45, 2.75) is 19.2 Å². The average molecular weight is 417 g/mol. The minimum absolute atomic E-state index is 0.113. The molecule has 0 saturated carbocycles. The first kappa shape index (κ1) is 21.2. The number of nitro benzene ring substituents is 1. The molecule has 0 bridgehead atoms. The smallest absolute Gasteiger partial charge is 0.416 e. The molecule has 0 aliphatic carbocycles. The van der Waals surface area contributed by atoms with Crippen LogP contribution < -0.4 is 5.73 Å². The molecule has 2 aromatic rings. The first-order valence-corrected chi connectivity index (χ1v) is 7.95. The van der Waals surface area contributed by atoms with Gasteiger partial charge >= 0.3 is 12.1 Å². The van der Waals surface area contributed by atoms with E-state index >= 15 is 0 Å². The van der Waals surface area contributed by atoms with Crippen molar-refractivity contribution in [1.82, 2.24) is 0 Å². The summed E-state index contributed by atoms with van der Waals surface area (Å²) in [5, 5.41) is 10.9. The summed E-state index contributed by atoms with van der Waals surface area (Å²) in [6, 6.07) is 5.81. The van der Waals surface area contributed by atoms with Crippen molar-refractivity contribution < 1.29 is 32.4 Å². The van der Waals surface area contributed by atoms with E-state index in [1.807, 2.05) is 0 Å². The van der Waals surface area contributed by atoms with Gasteiger partial charge in [-0.15, -0.1) is 0 Å². The number of nitrogens with two attached hydrogens (primary N) is 1. The number of rotatable bonds is 5. The number of halogens is 4. The molecule has 0 aromatic heterocycles. The zero-order valence-electron chi connectivity index (χ0n) is 14.1. The van der Waals surface area contributed by atoms with E-state index in [2.05, 4.69) is 0 Å². The van der Waals surface area contributed by atoms with Gasteiger partial charge in [0.2, 0.25) is 0 Å². The van der Waals surface area contributed by atoms with E-state index in [0.29, 0.717) is 6.07 Å². The molecule has 1 atom stereocenters. The van der Waals surface area contributed by atoms with Gasteiger partial charge in [-0.1, -0.05) is 17.7 Å². The fourth-order valence-electron chi connectivity index (χ4n) is 2.23. The van der Waals surface area contributed by atoms with Crippen molar-refractivity contribution in [1.29, 1.82) is 0 Å². The van der Waals surface area contributed by atoms with Gasteiger partial charge in [-0.25, -0.2) is 4.79 Å². The Morgan fingerprint density at radius 3 is 2.36 bits per heavy atom. The van der Waals surface area contributed by atoms with Crippen LogP contribution in [-0.2, 0) is 15.7 Å². The Kier molecular flexibility index (Phi) is 5.93. The second-order valence-corrected chi connectivity index (χ2v) is 6.04. The monoisotopic (exact) mass is 416 g/mol.